The molecule has 0 saturated carbocycles. The highest BCUT2D eigenvalue weighted by atomic mass is 16.5. The van der Waals surface area contributed by atoms with E-state index in [1.165, 1.54) is 4.90 Å². The van der Waals surface area contributed by atoms with Crippen LogP contribution in [0.25, 0.3) is 0 Å². The van der Waals surface area contributed by atoms with Crippen molar-refractivity contribution < 1.29 is 19.4 Å². The molecule has 0 aromatic heterocycles. The third-order valence-corrected chi connectivity index (χ3v) is 2.80. The van der Waals surface area contributed by atoms with E-state index in [4.69, 9.17) is 9.84 Å². The summed E-state index contributed by atoms with van der Waals surface area (Å²) >= 11 is 0. The van der Waals surface area contributed by atoms with Crippen molar-refractivity contribution in [1.29, 1.82) is 0 Å². The molecule has 0 aliphatic rings. The van der Waals surface area contributed by atoms with Gasteiger partial charge in [-0.15, -0.1) is 0 Å². The monoisotopic (exact) mass is 289 g/mol. The maximum atomic E-state index is 12.0. The molecule has 7 nitrogen and oxygen atoms in total. The quantitative estimate of drug-likeness (QED) is 0.678. The van der Waals surface area contributed by atoms with Crippen LogP contribution in [0.15, 0.2) is 0 Å². The number of hydrogen-bond acceptors (Lipinski definition) is 4. The van der Waals surface area contributed by atoms with Crippen LogP contribution in [0, 0.1) is 0 Å². The van der Waals surface area contributed by atoms with E-state index >= 15 is 0 Å². The average molecular weight is 289 g/mol. The van der Waals surface area contributed by atoms with Gasteiger partial charge >= 0.3 is 12.0 Å². The van der Waals surface area contributed by atoms with E-state index in [0.717, 1.165) is 6.54 Å². The molecule has 0 aliphatic carbocycles. The maximum Gasteiger partial charge on any atom is 0.323 e. The molecule has 0 spiro atoms. The second-order valence-electron chi connectivity index (χ2n) is 5.68. The van der Waals surface area contributed by atoms with E-state index in [2.05, 4.69) is 5.32 Å². The van der Waals surface area contributed by atoms with Gasteiger partial charge in [-0.3, -0.25) is 4.79 Å². The highest BCUT2D eigenvalue weighted by Crippen LogP contribution is 2.12. The average Bonchev–Trinajstić information content (AvgIpc) is 2.31. The van der Waals surface area contributed by atoms with Crippen LogP contribution in [0.3, 0.4) is 0 Å². The van der Waals surface area contributed by atoms with Crippen molar-refractivity contribution in [3.8, 4) is 0 Å². The molecule has 0 aromatic carbocycles. The predicted octanol–water partition coefficient (Wildman–Crippen LogP) is 0.459. The van der Waals surface area contributed by atoms with E-state index in [0.29, 0.717) is 19.7 Å². The summed E-state index contributed by atoms with van der Waals surface area (Å²) in [6.07, 6.45) is 0. The van der Waals surface area contributed by atoms with E-state index in [-0.39, 0.29) is 12.6 Å². The Labute approximate surface area is 120 Å². The number of rotatable bonds is 8. The van der Waals surface area contributed by atoms with E-state index in [1.54, 1.807) is 27.9 Å². The van der Waals surface area contributed by atoms with Crippen molar-refractivity contribution in [1.82, 2.24) is 15.1 Å². The van der Waals surface area contributed by atoms with Crippen molar-refractivity contribution in [2.45, 2.75) is 26.3 Å². The number of carboxylic acid groups (broad SMARTS) is 1. The lowest BCUT2D eigenvalue weighted by Gasteiger charge is -2.34. The van der Waals surface area contributed by atoms with Crippen molar-refractivity contribution in [3.05, 3.63) is 0 Å². The second kappa shape index (κ2) is 8.76. The van der Waals surface area contributed by atoms with E-state index < -0.39 is 11.5 Å². The van der Waals surface area contributed by atoms with Gasteiger partial charge in [0.1, 0.15) is 6.54 Å². The molecule has 0 aliphatic heterocycles. The lowest BCUT2D eigenvalue weighted by atomic mass is 10.1. The summed E-state index contributed by atoms with van der Waals surface area (Å²) in [6.45, 7) is 7.67. The normalized spacial score (nSPS) is 11.5. The molecule has 0 saturated heterocycles. The minimum atomic E-state index is -1.02. The van der Waals surface area contributed by atoms with Crippen molar-refractivity contribution in [3.63, 3.8) is 0 Å². The first-order chi connectivity index (χ1) is 9.18. The standard InChI is InChI=1S/C13H27N3O4/c1-13(2,3)16(10-11(17)18)12(19)14-6-7-15(4)8-9-20-5/h6-10H2,1-5H3,(H,14,19)(H,17,18). The predicted molar refractivity (Wildman–Crippen MR) is 76.9 cm³/mol. The highest BCUT2D eigenvalue weighted by molar-refractivity contribution is 5.80. The van der Waals surface area contributed by atoms with Gasteiger partial charge in [0.2, 0.25) is 0 Å². The van der Waals surface area contributed by atoms with Crippen molar-refractivity contribution in [2.75, 3.05) is 46.9 Å². The Balaban J connectivity index is 4.24. The molecule has 0 bridgehead atoms. The van der Waals surface area contributed by atoms with Gasteiger partial charge in [0.15, 0.2) is 0 Å². The number of urea groups is 1. The second-order valence-corrected chi connectivity index (χ2v) is 5.68. The summed E-state index contributed by atoms with van der Waals surface area (Å²) in [5.74, 6) is -1.02. The largest absolute Gasteiger partial charge is 0.480 e. The molecule has 7 heteroatoms. The van der Waals surface area contributed by atoms with Gasteiger partial charge < -0.3 is 25.0 Å². The molecular formula is C13H27N3O4. The Hall–Kier alpha value is -1.34. The molecule has 118 valence electrons. The van der Waals surface area contributed by atoms with Crippen LogP contribution in [0.5, 0.6) is 0 Å². The third kappa shape index (κ3) is 7.96. The number of carbonyl (C=O) groups is 2. The van der Waals surface area contributed by atoms with E-state index in [9.17, 15) is 9.59 Å². The molecule has 0 unspecified atom stereocenters. The summed E-state index contributed by atoms with van der Waals surface area (Å²) in [5.41, 5.74) is -0.537. The van der Waals surface area contributed by atoms with Gasteiger partial charge in [-0.05, 0) is 27.8 Å². The number of amides is 2. The Morgan fingerprint density at radius 3 is 2.30 bits per heavy atom. The first-order valence-electron chi connectivity index (χ1n) is 6.63. The van der Waals surface area contributed by atoms with Gasteiger partial charge in [0.25, 0.3) is 0 Å². The molecular weight excluding hydrogens is 262 g/mol. The Morgan fingerprint density at radius 1 is 1.25 bits per heavy atom. The number of carbonyl (C=O) groups excluding carboxylic acids is 1. The van der Waals surface area contributed by atoms with Gasteiger partial charge in [-0.25, -0.2) is 4.79 Å². The fourth-order valence-corrected chi connectivity index (χ4v) is 1.56. The topological polar surface area (TPSA) is 82.1 Å². The van der Waals surface area contributed by atoms with Crippen LogP contribution in [-0.2, 0) is 9.53 Å². The molecule has 2 amide bonds. The SMILES string of the molecule is COCCN(C)CCNC(=O)N(CC(=O)O)C(C)(C)C. The first kappa shape index (κ1) is 18.7. The molecule has 0 fully saturated rings. The summed E-state index contributed by atoms with van der Waals surface area (Å²) in [4.78, 5) is 26.2. The number of likely N-dealkylation sites (N-methyl/N-ethyl adjacent to an activating group) is 1. The summed E-state index contributed by atoms with van der Waals surface area (Å²) < 4.78 is 4.96. The summed E-state index contributed by atoms with van der Waals surface area (Å²) in [6, 6.07) is -0.361. The molecule has 0 heterocycles. The number of aliphatic carboxylic acids is 1. The molecule has 0 aromatic rings. The molecule has 0 atom stereocenters. The van der Waals surface area contributed by atoms with Crippen LogP contribution in [-0.4, -0.2) is 79.4 Å². The molecule has 20 heavy (non-hydrogen) atoms. The fraction of sp³-hybridized carbons (Fsp3) is 0.846. The lowest BCUT2D eigenvalue weighted by molar-refractivity contribution is -0.138. The minimum absolute atomic E-state index is 0.311. The number of ether oxygens (including phenoxy) is 1. The fourth-order valence-electron chi connectivity index (χ4n) is 1.56. The summed E-state index contributed by atoms with van der Waals surface area (Å²) in [7, 11) is 3.58. The van der Waals surface area contributed by atoms with Crippen LogP contribution in [0.4, 0.5) is 4.79 Å². The zero-order valence-electron chi connectivity index (χ0n) is 13.1. The summed E-state index contributed by atoms with van der Waals surface area (Å²) in [5, 5.41) is 11.6. The number of nitrogens with one attached hydrogen (secondary N) is 1. The van der Waals surface area contributed by atoms with Crippen LogP contribution < -0.4 is 5.32 Å². The third-order valence-electron chi connectivity index (χ3n) is 2.80. The first-order valence-corrected chi connectivity index (χ1v) is 6.63. The molecule has 0 rings (SSSR count). The Morgan fingerprint density at radius 2 is 1.85 bits per heavy atom. The van der Waals surface area contributed by atoms with Crippen LogP contribution >= 0.6 is 0 Å². The van der Waals surface area contributed by atoms with Crippen molar-refractivity contribution in [2.24, 2.45) is 0 Å². The number of methoxy groups -OCH3 is 1. The lowest BCUT2D eigenvalue weighted by Crippen LogP contribution is -2.53. The number of hydrogen-bond donors (Lipinski definition) is 2. The number of carboxylic acids is 1. The maximum absolute atomic E-state index is 12.0. The van der Waals surface area contributed by atoms with Crippen LogP contribution in [0.1, 0.15) is 20.8 Å². The minimum Gasteiger partial charge on any atom is -0.480 e. The van der Waals surface area contributed by atoms with Crippen LogP contribution in [0.2, 0.25) is 0 Å². The van der Waals surface area contributed by atoms with Gasteiger partial charge in [0.05, 0.1) is 6.61 Å². The molecule has 0 radical (unpaired) electrons. The highest BCUT2D eigenvalue weighted by Gasteiger charge is 2.28. The zero-order valence-corrected chi connectivity index (χ0v) is 13.1. The zero-order chi connectivity index (χ0) is 15.8. The smallest absolute Gasteiger partial charge is 0.323 e. The van der Waals surface area contributed by atoms with Gasteiger partial charge in [0, 0.05) is 32.3 Å². The van der Waals surface area contributed by atoms with Gasteiger partial charge in [-0.2, -0.15) is 0 Å². The Bertz CT molecular complexity index is 315. The van der Waals surface area contributed by atoms with E-state index in [1.807, 2.05) is 11.9 Å². The Kier molecular flexibility index (Phi) is 8.17. The number of nitrogens with zero attached hydrogens (tertiary/aromatic N) is 2. The van der Waals surface area contributed by atoms with Crippen molar-refractivity contribution >= 4 is 12.0 Å². The van der Waals surface area contributed by atoms with Gasteiger partial charge in [-0.1, -0.05) is 0 Å². The molecule has 2 N–H and O–H groups in total.